The van der Waals surface area contributed by atoms with Crippen LogP contribution in [0.25, 0.3) is 11.0 Å². The van der Waals surface area contributed by atoms with Gasteiger partial charge < -0.3 is 9.64 Å². The van der Waals surface area contributed by atoms with Gasteiger partial charge in [0.05, 0.1) is 29.4 Å². The lowest BCUT2D eigenvalue weighted by atomic mass is 10.2. The largest absolute Gasteiger partial charge is 0.452 e. The van der Waals surface area contributed by atoms with Gasteiger partial charge in [0.25, 0.3) is 5.91 Å². The monoisotopic (exact) mass is 395 g/mol. The lowest BCUT2D eigenvalue weighted by Crippen LogP contribution is -2.36. The molecule has 0 radical (unpaired) electrons. The van der Waals surface area contributed by atoms with Crippen molar-refractivity contribution in [3.8, 4) is 6.07 Å². The van der Waals surface area contributed by atoms with Gasteiger partial charge in [0, 0.05) is 25.2 Å². The number of benzene rings is 1. The maximum atomic E-state index is 14.1. The SMILES string of the molecule is Cc1nn(C)c2ncc(C(=O)OCC(=O)N(CCC#N)c3ccccc3F)cc12. The van der Waals surface area contributed by atoms with Crippen LogP contribution in [0.2, 0.25) is 0 Å². The number of hydrogen-bond donors (Lipinski definition) is 0. The van der Waals surface area contributed by atoms with Crippen LogP contribution in [-0.2, 0) is 16.6 Å². The quantitative estimate of drug-likeness (QED) is 0.595. The molecule has 148 valence electrons. The second-order valence-corrected chi connectivity index (χ2v) is 6.29. The number of para-hydroxylation sites is 1. The Kier molecular flexibility index (Phi) is 5.83. The number of esters is 1. The fraction of sp³-hybridized carbons (Fsp3) is 0.250. The molecule has 0 saturated heterocycles. The average molecular weight is 395 g/mol. The number of ether oxygens (including phenoxy) is 1. The number of nitriles is 1. The van der Waals surface area contributed by atoms with Gasteiger partial charge in [0.2, 0.25) is 0 Å². The molecule has 0 N–H and O–H groups in total. The lowest BCUT2D eigenvalue weighted by molar-refractivity contribution is -0.121. The molecule has 2 heterocycles. The minimum absolute atomic E-state index is 0.00882. The molecule has 0 saturated carbocycles. The number of hydrogen-bond acceptors (Lipinski definition) is 6. The maximum absolute atomic E-state index is 14.1. The molecule has 1 amide bonds. The molecule has 0 aliphatic heterocycles. The minimum Gasteiger partial charge on any atom is -0.452 e. The fourth-order valence-corrected chi connectivity index (χ4v) is 2.92. The van der Waals surface area contributed by atoms with Gasteiger partial charge in [-0.1, -0.05) is 12.1 Å². The number of fused-ring (bicyclic) bond motifs is 1. The molecule has 2 aromatic heterocycles. The third-order valence-electron chi connectivity index (χ3n) is 4.32. The van der Waals surface area contributed by atoms with Crippen molar-refractivity contribution < 1.29 is 18.7 Å². The van der Waals surface area contributed by atoms with E-state index in [9.17, 15) is 14.0 Å². The summed E-state index contributed by atoms with van der Waals surface area (Å²) in [7, 11) is 1.75. The summed E-state index contributed by atoms with van der Waals surface area (Å²) in [5.74, 6) is -1.97. The van der Waals surface area contributed by atoms with Crippen molar-refractivity contribution in [1.82, 2.24) is 14.8 Å². The number of rotatable bonds is 6. The first-order chi connectivity index (χ1) is 13.9. The molecular weight excluding hydrogens is 377 g/mol. The predicted octanol–water partition coefficient (Wildman–Crippen LogP) is 2.52. The van der Waals surface area contributed by atoms with Crippen molar-refractivity contribution in [1.29, 1.82) is 5.26 Å². The van der Waals surface area contributed by atoms with E-state index in [1.807, 2.05) is 6.07 Å². The molecule has 9 heteroatoms. The first kappa shape index (κ1) is 19.9. The molecule has 8 nitrogen and oxygen atoms in total. The van der Waals surface area contributed by atoms with Crippen molar-refractivity contribution in [2.45, 2.75) is 13.3 Å². The lowest BCUT2D eigenvalue weighted by Gasteiger charge is -2.22. The van der Waals surface area contributed by atoms with E-state index in [0.717, 1.165) is 4.90 Å². The van der Waals surface area contributed by atoms with Gasteiger partial charge in [-0.3, -0.25) is 9.48 Å². The van der Waals surface area contributed by atoms with Crippen molar-refractivity contribution in [3.63, 3.8) is 0 Å². The third-order valence-corrected chi connectivity index (χ3v) is 4.32. The summed E-state index contributed by atoms with van der Waals surface area (Å²) >= 11 is 0. The second-order valence-electron chi connectivity index (χ2n) is 6.29. The van der Waals surface area contributed by atoms with Gasteiger partial charge in [-0.2, -0.15) is 10.4 Å². The molecule has 1 aromatic carbocycles. The Hall–Kier alpha value is -3.80. The van der Waals surface area contributed by atoms with Crippen LogP contribution in [0, 0.1) is 24.1 Å². The number of anilines is 1. The summed E-state index contributed by atoms with van der Waals surface area (Å²) in [4.78, 5) is 30.2. The Morgan fingerprint density at radius 3 is 2.83 bits per heavy atom. The highest BCUT2D eigenvalue weighted by molar-refractivity contribution is 5.98. The van der Waals surface area contributed by atoms with Crippen LogP contribution in [-0.4, -0.2) is 39.8 Å². The number of nitrogens with zero attached hydrogens (tertiary/aromatic N) is 5. The number of carbonyl (C=O) groups is 2. The summed E-state index contributed by atoms with van der Waals surface area (Å²) in [5.41, 5.74) is 1.54. The van der Waals surface area contributed by atoms with E-state index >= 15 is 0 Å². The Balaban J connectivity index is 1.74. The highest BCUT2D eigenvalue weighted by Gasteiger charge is 2.21. The average Bonchev–Trinajstić information content (AvgIpc) is 3.00. The topological polar surface area (TPSA) is 101 Å². The highest BCUT2D eigenvalue weighted by atomic mass is 19.1. The van der Waals surface area contributed by atoms with Gasteiger partial charge in [0.1, 0.15) is 5.82 Å². The van der Waals surface area contributed by atoms with Gasteiger partial charge in [-0.25, -0.2) is 14.2 Å². The normalized spacial score (nSPS) is 10.6. The molecule has 0 unspecified atom stereocenters. The van der Waals surface area contributed by atoms with Crippen LogP contribution in [0.1, 0.15) is 22.5 Å². The van der Waals surface area contributed by atoms with Crippen LogP contribution < -0.4 is 4.90 Å². The second kappa shape index (κ2) is 8.48. The number of aryl methyl sites for hydroxylation is 2. The number of aromatic nitrogens is 3. The zero-order chi connectivity index (χ0) is 21.0. The molecule has 0 bridgehead atoms. The zero-order valence-corrected chi connectivity index (χ0v) is 15.9. The standard InChI is InChI=1S/C20H18FN5O3/c1-13-15-10-14(11-23-19(15)25(2)24-13)20(28)29-12-18(27)26(9-5-8-22)17-7-4-3-6-16(17)21/h3-4,6-7,10-11H,5,9,12H2,1-2H3. The summed E-state index contributed by atoms with van der Waals surface area (Å²) in [6.07, 6.45) is 1.36. The molecule has 3 aromatic rings. The molecule has 3 rings (SSSR count). The number of pyridine rings is 1. The summed E-state index contributed by atoms with van der Waals surface area (Å²) in [5, 5.41) is 13.8. The van der Waals surface area contributed by atoms with Crippen molar-refractivity contribution in [2.24, 2.45) is 7.05 Å². The fourth-order valence-electron chi connectivity index (χ4n) is 2.92. The molecule has 0 atom stereocenters. The molecule has 29 heavy (non-hydrogen) atoms. The van der Waals surface area contributed by atoms with E-state index in [1.165, 1.54) is 24.4 Å². The Morgan fingerprint density at radius 2 is 2.10 bits per heavy atom. The van der Waals surface area contributed by atoms with E-state index in [0.29, 0.717) is 16.7 Å². The Morgan fingerprint density at radius 1 is 1.34 bits per heavy atom. The van der Waals surface area contributed by atoms with E-state index in [-0.39, 0.29) is 24.2 Å². The molecule has 0 fully saturated rings. The van der Waals surface area contributed by atoms with E-state index in [4.69, 9.17) is 10.00 Å². The third kappa shape index (κ3) is 4.21. The van der Waals surface area contributed by atoms with Gasteiger partial charge in [-0.15, -0.1) is 0 Å². The van der Waals surface area contributed by atoms with Crippen LogP contribution in [0.3, 0.4) is 0 Å². The van der Waals surface area contributed by atoms with Crippen LogP contribution in [0.4, 0.5) is 10.1 Å². The van der Waals surface area contributed by atoms with E-state index in [2.05, 4.69) is 10.1 Å². The molecule has 0 spiro atoms. The summed E-state index contributed by atoms with van der Waals surface area (Å²) in [6.45, 7) is 1.18. The molecular formula is C20H18FN5O3. The van der Waals surface area contributed by atoms with Gasteiger partial charge >= 0.3 is 5.97 Å². The van der Waals surface area contributed by atoms with Gasteiger partial charge in [0.15, 0.2) is 12.3 Å². The van der Waals surface area contributed by atoms with E-state index in [1.54, 1.807) is 30.8 Å². The molecule has 0 aliphatic carbocycles. The zero-order valence-electron chi connectivity index (χ0n) is 15.9. The number of amides is 1. The van der Waals surface area contributed by atoms with Crippen LogP contribution in [0.5, 0.6) is 0 Å². The molecule has 0 aliphatic rings. The van der Waals surface area contributed by atoms with E-state index < -0.39 is 24.3 Å². The summed E-state index contributed by atoms with van der Waals surface area (Å²) in [6, 6.07) is 9.23. The smallest absolute Gasteiger partial charge is 0.340 e. The first-order valence-corrected chi connectivity index (χ1v) is 8.80. The number of halogens is 1. The van der Waals surface area contributed by atoms with Crippen LogP contribution in [0.15, 0.2) is 36.5 Å². The number of carbonyl (C=O) groups excluding carboxylic acids is 2. The predicted molar refractivity (Wildman–Crippen MR) is 103 cm³/mol. The van der Waals surface area contributed by atoms with Crippen molar-refractivity contribution >= 4 is 28.6 Å². The highest BCUT2D eigenvalue weighted by Crippen LogP contribution is 2.20. The van der Waals surface area contributed by atoms with Crippen LogP contribution >= 0.6 is 0 Å². The Labute approximate surface area is 166 Å². The minimum atomic E-state index is -0.732. The van der Waals surface area contributed by atoms with Gasteiger partial charge in [-0.05, 0) is 25.1 Å². The first-order valence-electron chi connectivity index (χ1n) is 8.80. The maximum Gasteiger partial charge on any atom is 0.340 e. The Bertz CT molecular complexity index is 1120. The van der Waals surface area contributed by atoms with Crippen molar-refractivity contribution in [2.75, 3.05) is 18.1 Å². The summed E-state index contributed by atoms with van der Waals surface area (Å²) < 4.78 is 20.8. The van der Waals surface area contributed by atoms with Crippen molar-refractivity contribution in [3.05, 3.63) is 53.6 Å².